The van der Waals surface area contributed by atoms with Crippen LogP contribution in [0.1, 0.15) is 11.3 Å². The van der Waals surface area contributed by atoms with Gasteiger partial charge in [0.1, 0.15) is 18.1 Å². The average molecular weight is 357 g/mol. The summed E-state index contributed by atoms with van der Waals surface area (Å²) in [6.07, 6.45) is 5.28. The number of fused-ring (bicyclic) bond motifs is 1. The van der Waals surface area contributed by atoms with Crippen LogP contribution >= 0.6 is 0 Å². The van der Waals surface area contributed by atoms with Gasteiger partial charge in [0.15, 0.2) is 5.76 Å². The van der Waals surface area contributed by atoms with Crippen molar-refractivity contribution in [1.82, 2.24) is 9.78 Å². The van der Waals surface area contributed by atoms with Crippen LogP contribution in [0.25, 0.3) is 22.4 Å². The van der Waals surface area contributed by atoms with Gasteiger partial charge in [0.05, 0.1) is 18.6 Å². The molecule has 2 heterocycles. The molecule has 5 nitrogen and oxygen atoms in total. The minimum absolute atomic E-state index is 0.126. The SMILES string of the molecule is C#CCNc1ccc(Cn2nc(-c3ccc(CO)o3)c3ccccc32)cc1. The Morgan fingerprint density at radius 3 is 2.63 bits per heavy atom. The minimum atomic E-state index is -0.126. The first-order valence-corrected chi connectivity index (χ1v) is 8.70. The maximum absolute atomic E-state index is 9.25. The van der Waals surface area contributed by atoms with Gasteiger partial charge in [-0.3, -0.25) is 4.68 Å². The van der Waals surface area contributed by atoms with Crippen molar-refractivity contribution in [1.29, 1.82) is 0 Å². The zero-order chi connectivity index (χ0) is 18.6. The summed E-state index contributed by atoms with van der Waals surface area (Å²) in [5.74, 6) is 3.75. The first-order valence-electron chi connectivity index (χ1n) is 8.70. The van der Waals surface area contributed by atoms with Crippen LogP contribution in [0.5, 0.6) is 0 Å². The number of para-hydroxylation sites is 1. The molecule has 0 radical (unpaired) electrons. The van der Waals surface area contributed by atoms with Gasteiger partial charge < -0.3 is 14.8 Å². The molecule has 0 aliphatic carbocycles. The fourth-order valence-corrected chi connectivity index (χ4v) is 3.07. The van der Waals surface area contributed by atoms with Crippen LogP contribution < -0.4 is 5.32 Å². The molecule has 0 aliphatic heterocycles. The zero-order valence-corrected chi connectivity index (χ0v) is 14.7. The Balaban J connectivity index is 1.67. The number of aliphatic hydroxyl groups excluding tert-OH is 1. The Morgan fingerprint density at radius 1 is 1.07 bits per heavy atom. The van der Waals surface area contributed by atoms with Crippen LogP contribution in [0, 0.1) is 12.3 Å². The molecule has 2 aromatic carbocycles. The molecule has 0 saturated carbocycles. The number of rotatable bonds is 6. The molecule has 5 heteroatoms. The first kappa shape index (κ1) is 17.0. The molecule has 0 unspecified atom stereocenters. The molecule has 2 N–H and O–H groups in total. The molecule has 0 spiro atoms. The van der Waals surface area contributed by atoms with Crippen LogP contribution in [0.4, 0.5) is 5.69 Å². The third-order valence-electron chi connectivity index (χ3n) is 4.39. The summed E-state index contributed by atoms with van der Waals surface area (Å²) in [7, 11) is 0. The van der Waals surface area contributed by atoms with Crippen molar-refractivity contribution >= 4 is 16.6 Å². The standard InChI is InChI=1S/C22H19N3O2/c1-2-13-23-17-9-7-16(8-10-17)14-25-20-6-4-3-5-19(20)22(24-25)21-12-11-18(15-26)27-21/h1,3-12,23,26H,13-15H2. The Labute approximate surface area is 157 Å². The largest absolute Gasteiger partial charge is 0.457 e. The molecule has 0 fully saturated rings. The molecule has 0 bridgehead atoms. The second-order valence-electron chi connectivity index (χ2n) is 6.20. The third-order valence-corrected chi connectivity index (χ3v) is 4.39. The summed E-state index contributed by atoms with van der Waals surface area (Å²) in [5.41, 5.74) is 3.94. The number of furan rings is 1. The van der Waals surface area contributed by atoms with Crippen molar-refractivity contribution in [2.24, 2.45) is 0 Å². The molecule has 0 saturated heterocycles. The zero-order valence-electron chi connectivity index (χ0n) is 14.7. The van der Waals surface area contributed by atoms with Gasteiger partial charge in [-0.15, -0.1) is 6.42 Å². The van der Waals surface area contributed by atoms with E-state index in [1.807, 2.05) is 47.1 Å². The normalized spacial score (nSPS) is 10.8. The van der Waals surface area contributed by atoms with Gasteiger partial charge in [-0.1, -0.05) is 36.3 Å². The van der Waals surface area contributed by atoms with E-state index in [0.29, 0.717) is 24.6 Å². The molecular formula is C22H19N3O2. The van der Waals surface area contributed by atoms with Crippen LogP contribution in [0.15, 0.2) is 65.1 Å². The fraction of sp³-hybridized carbons (Fsp3) is 0.136. The number of benzene rings is 2. The third kappa shape index (κ3) is 3.43. The Hall–Kier alpha value is -3.49. The van der Waals surface area contributed by atoms with Crippen molar-refractivity contribution in [3.05, 3.63) is 72.0 Å². The van der Waals surface area contributed by atoms with E-state index in [9.17, 15) is 5.11 Å². The van der Waals surface area contributed by atoms with E-state index in [1.165, 1.54) is 0 Å². The van der Waals surface area contributed by atoms with Gasteiger partial charge in [0.2, 0.25) is 0 Å². The van der Waals surface area contributed by atoms with Gasteiger partial charge in [0.25, 0.3) is 0 Å². The van der Waals surface area contributed by atoms with Gasteiger partial charge in [0, 0.05) is 11.1 Å². The lowest BCUT2D eigenvalue weighted by atomic mass is 10.1. The predicted octanol–water partition coefficient (Wildman–Crippen LogP) is 3.88. The number of terminal acetylenes is 1. The van der Waals surface area contributed by atoms with Gasteiger partial charge in [-0.25, -0.2) is 0 Å². The lowest BCUT2D eigenvalue weighted by Crippen LogP contribution is -2.02. The fourth-order valence-electron chi connectivity index (χ4n) is 3.07. The smallest absolute Gasteiger partial charge is 0.155 e. The lowest BCUT2D eigenvalue weighted by Gasteiger charge is -2.06. The maximum Gasteiger partial charge on any atom is 0.155 e. The van der Waals surface area contributed by atoms with E-state index in [1.54, 1.807) is 6.07 Å². The summed E-state index contributed by atoms with van der Waals surface area (Å²) in [6.45, 7) is 1.02. The number of aliphatic hydroxyl groups is 1. The molecule has 27 heavy (non-hydrogen) atoms. The van der Waals surface area contributed by atoms with E-state index >= 15 is 0 Å². The quantitative estimate of drug-likeness (QED) is 0.514. The van der Waals surface area contributed by atoms with Gasteiger partial charge >= 0.3 is 0 Å². The highest BCUT2D eigenvalue weighted by atomic mass is 16.4. The Morgan fingerprint density at radius 2 is 1.89 bits per heavy atom. The lowest BCUT2D eigenvalue weighted by molar-refractivity contribution is 0.248. The Bertz CT molecular complexity index is 1100. The first-order chi connectivity index (χ1) is 13.3. The predicted molar refractivity (Wildman–Crippen MR) is 106 cm³/mol. The maximum atomic E-state index is 9.25. The van der Waals surface area contributed by atoms with Crippen LogP contribution in [-0.2, 0) is 13.2 Å². The van der Waals surface area contributed by atoms with Crippen molar-refractivity contribution < 1.29 is 9.52 Å². The second-order valence-corrected chi connectivity index (χ2v) is 6.20. The highest BCUT2D eigenvalue weighted by Gasteiger charge is 2.15. The second kappa shape index (κ2) is 7.40. The highest BCUT2D eigenvalue weighted by Crippen LogP contribution is 2.29. The molecule has 134 valence electrons. The molecular weight excluding hydrogens is 338 g/mol. The average Bonchev–Trinajstić information content (AvgIpc) is 3.32. The topological polar surface area (TPSA) is 63.2 Å². The summed E-state index contributed by atoms with van der Waals surface area (Å²) in [5, 5.41) is 18.2. The van der Waals surface area contributed by atoms with Crippen molar-refractivity contribution in [2.45, 2.75) is 13.2 Å². The molecule has 0 amide bonds. The number of anilines is 1. The number of hydrogen-bond donors (Lipinski definition) is 2. The summed E-state index contributed by atoms with van der Waals surface area (Å²) >= 11 is 0. The highest BCUT2D eigenvalue weighted by molar-refractivity contribution is 5.92. The molecule has 2 aromatic heterocycles. The van der Waals surface area contributed by atoms with Crippen molar-refractivity contribution in [3.63, 3.8) is 0 Å². The number of nitrogens with one attached hydrogen (secondary N) is 1. The van der Waals surface area contributed by atoms with Crippen molar-refractivity contribution in [3.8, 4) is 23.8 Å². The van der Waals surface area contributed by atoms with E-state index in [2.05, 4.69) is 23.4 Å². The van der Waals surface area contributed by atoms with Gasteiger partial charge in [-0.2, -0.15) is 5.10 Å². The molecule has 4 rings (SSSR count). The summed E-state index contributed by atoms with van der Waals surface area (Å²) < 4.78 is 7.66. The molecule has 0 atom stereocenters. The van der Waals surface area contributed by atoms with Gasteiger partial charge in [-0.05, 0) is 35.9 Å². The minimum Gasteiger partial charge on any atom is -0.457 e. The molecule has 0 aliphatic rings. The van der Waals surface area contributed by atoms with Crippen molar-refractivity contribution in [2.75, 3.05) is 11.9 Å². The van der Waals surface area contributed by atoms with Crippen LogP contribution in [0.3, 0.4) is 0 Å². The Kier molecular flexibility index (Phi) is 4.65. The van der Waals surface area contributed by atoms with E-state index < -0.39 is 0 Å². The van der Waals surface area contributed by atoms with E-state index in [4.69, 9.17) is 15.9 Å². The number of hydrogen-bond acceptors (Lipinski definition) is 4. The number of aromatic nitrogens is 2. The number of nitrogens with zero attached hydrogens (tertiary/aromatic N) is 2. The molecule has 4 aromatic rings. The summed E-state index contributed by atoms with van der Waals surface area (Å²) in [6, 6.07) is 19.8. The van der Waals surface area contributed by atoms with E-state index in [-0.39, 0.29) is 6.61 Å². The van der Waals surface area contributed by atoms with Crippen LogP contribution in [0.2, 0.25) is 0 Å². The monoisotopic (exact) mass is 357 g/mol. The van der Waals surface area contributed by atoms with E-state index in [0.717, 1.165) is 27.8 Å². The summed E-state index contributed by atoms with van der Waals surface area (Å²) in [4.78, 5) is 0. The van der Waals surface area contributed by atoms with Crippen LogP contribution in [-0.4, -0.2) is 21.4 Å².